The molecule has 1 aromatic rings. The molecule has 0 spiro atoms. The van der Waals surface area contributed by atoms with Crippen molar-refractivity contribution in [3.8, 4) is 11.5 Å². The van der Waals surface area contributed by atoms with Crippen LogP contribution in [-0.2, 0) is 6.54 Å². The van der Waals surface area contributed by atoms with E-state index in [0.717, 1.165) is 40.2 Å². The van der Waals surface area contributed by atoms with Crippen LogP contribution in [0.3, 0.4) is 0 Å². The smallest absolute Gasteiger partial charge is 0.174 e. The van der Waals surface area contributed by atoms with Gasteiger partial charge in [-0.3, -0.25) is 0 Å². The van der Waals surface area contributed by atoms with Crippen molar-refractivity contribution >= 4 is 15.9 Å². The first-order valence-corrected chi connectivity index (χ1v) is 6.13. The number of ether oxygens (including phenoxy) is 2. The summed E-state index contributed by atoms with van der Waals surface area (Å²) in [5.41, 5.74) is 2.25. The lowest BCUT2D eigenvalue weighted by molar-refractivity contribution is 0.352. The van der Waals surface area contributed by atoms with Gasteiger partial charge in [0.25, 0.3) is 0 Å². The zero-order chi connectivity index (χ0) is 12.8. The van der Waals surface area contributed by atoms with Gasteiger partial charge in [0.1, 0.15) is 0 Å². The Morgan fingerprint density at radius 2 is 2.06 bits per heavy atom. The molecule has 0 aromatic heterocycles. The highest BCUT2D eigenvalue weighted by Gasteiger charge is 2.10. The van der Waals surface area contributed by atoms with Crippen molar-refractivity contribution < 1.29 is 9.47 Å². The molecule has 0 aliphatic rings. The number of nitrogens with one attached hydrogen (secondary N) is 1. The average Bonchev–Trinajstić information content (AvgIpc) is 2.27. The van der Waals surface area contributed by atoms with E-state index in [2.05, 4.69) is 27.8 Å². The number of methoxy groups -OCH3 is 2. The van der Waals surface area contributed by atoms with E-state index in [-0.39, 0.29) is 0 Å². The molecule has 0 radical (unpaired) electrons. The van der Waals surface area contributed by atoms with Gasteiger partial charge in [-0.15, -0.1) is 0 Å². The molecule has 0 bridgehead atoms. The molecule has 0 unspecified atom stereocenters. The van der Waals surface area contributed by atoms with E-state index in [1.165, 1.54) is 0 Å². The Morgan fingerprint density at radius 1 is 1.35 bits per heavy atom. The van der Waals surface area contributed by atoms with Gasteiger partial charge in [0.2, 0.25) is 0 Å². The SMILES string of the molecule is C=C(C)CNCc1cc(Br)c(OC)c(OC)c1. The Bertz CT molecular complexity index is 405. The fourth-order valence-electron chi connectivity index (χ4n) is 1.49. The van der Waals surface area contributed by atoms with Gasteiger partial charge in [0, 0.05) is 13.1 Å². The molecule has 0 aliphatic carbocycles. The molecule has 94 valence electrons. The summed E-state index contributed by atoms with van der Waals surface area (Å²) < 4.78 is 11.4. The molecule has 1 aromatic carbocycles. The maximum absolute atomic E-state index is 5.28. The third-order valence-corrected chi connectivity index (χ3v) is 2.84. The third-order valence-electron chi connectivity index (χ3n) is 2.25. The molecule has 0 saturated carbocycles. The van der Waals surface area contributed by atoms with E-state index in [9.17, 15) is 0 Å². The van der Waals surface area contributed by atoms with Crippen LogP contribution in [0.5, 0.6) is 11.5 Å². The van der Waals surface area contributed by atoms with Gasteiger partial charge in [-0.1, -0.05) is 12.2 Å². The summed E-state index contributed by atoms with van der Waals surface area (Å²) in [6, 6.07) is 3.99. The number of halogens is 1. The molecule has 0 fully saturated rings. The van der Waals surface area contributed by atoms with Gasteiger partial charge >= 0.3 is 0 Å². The molecule has 0 aliphatic heterocycles. The van der Waals surface area contributed by atoms with Crippen LogP contribution in [0.4, 0.5) is 0 Å². The highest BCUT2D eigenvalue weighted by molar-refractivity contribution is 9.10. The van der Waals surface area contributed by atoms with Crippen LogP contribution in [0, 0.1) is 0 Å². The molecule has 3 nitrogen and oxygen atoms in total. The fourth-order valence-corrected chi connectivity index (χ4v) is 2.14. The Labute approximate surface area is 111 Å². The Morgan fingerprint density at radius 3 is 2.59 bits per heavy atom. The van der Waals surface area contributed by atoms with Crippen LogP contribution in [-0.4, -0.2) is 20.8 Å². The summed E-state index contributed by atoms with van der Waals surface area (Å²) >= 11 is 3.47. The normalized spacial score (nSPS) is 10.1. The maximum atomic E-state index is 5.28. The Hall–Kier alpha value is -1.00. The minimum absolute atomic E-state index is 0.719. The molecule has 4 heteroatoms. The third kappa shape index (κ3) is 4.06. The number of rotatable bonds is 6. The number of benzene rings is 1. The summed E-state index contributed by atoms with van der Waals surface area (Å²) in [6.45, 7) is 7.43. The lowest BCUT2D eigenvalue weighted by Crippen LogP contribution is -2.15. The summed E-state index contributed by atoms with van der Waals surface area (Å²) in [5, 5.41) is 3.30. The summed E-state index contributed by atoms with van der Waals surface area (Å²) in [6.07, 6.45) is 0. The van der Waals surface area contributed by atoms with Gasteiger partial charge < -0.3 is 14.8 Å². The van der Waals surface area contributed by atoms with Gasteiger partial charge in [0.15, 0.2) is 11.5 Å². The monoisotopic (exact) mass is 299 g/mol. The van der Waals surface area contributed by atoms with Crippen molar-refractivity contribution in [2.45, 2.75) is 13.5 Å². The molecule has 0 saturated heterocycles. The molecular weight excluding hydrogens is 282 g/mol. The van der Waals surface area contributed by atoms with Gasteiger partial charge in [-0.2, -0.15) is 0 Å². The lowest BCUT2D eigenvalue weighted by Gasteiger charge is -2.12. The second-order valence-corrected chi connectivity index (χ2v) is 4.73. The van der Waals surface area contributed by atoms with Gasteiger partial charge in [-0.25, -0.2) is 0 Å². The molecule has 0 amide bonds. The zero-order valence-corrected chi connectivity index (χ0v) is 12.1. The number of hydrogen-bond acceptors (Lipinski definition) is 3. The number of hydrogen-bond donors (Lipinski definition) is 1. The molecule has 0 atom stereocenters. The predicted octanol–water partition coefficient (Wildman–Crippen LogP) is 3.13. The van der Waals surface area contributed by atoms with Crippen molar-refractivity contribution in [3.63, 3.8) is 0 Å². The van der Waals surface area contributed by atoms with Crippen LogP contribution < -0.4 is 14.8 Å². The lowest BCUT2D eigenvalue weighted by atomic mass is 10.2. The average molecular weight is 300 g/mol. The van der Waals surface area contributed by atoms with E-state index in [1.54, 1.807) is 14.2 Å². The second kappa shape index (κ2) is 6.67. The van der Waals surface area contributed by atoms with Crippen molar-refractivity contribution in [2.75, 3.05) is 20.8 Å². The van der Waals surface area contributed by atoms with E-state index in [1.807, 2.05) is 19.1 Å². The van der Waals surface area contributed by atoms with Crippen LogP contribution in [0.25, 0.3) is 0 Å². The molecule has 17 heavy (non-hydrogen) atoms. The van der Waals surface area contributed by atoms with E-state index in [0.29, 0.717) is 0 Å². The largest absolute Gasteiger partial charge is 0.493 e. The van der Waals surface area contributed by atoms with Crippen LogP contribution in [0.1, 0.15) is 12.5 Å². The summed E-state index contributed by atoms with van der Waals surface area (Å²) in [7, 11) is 3.26. The van der Waals surface area contributed by atoms with Crippen LogP contribution >= 0.6 is 15.9 Å². The molecular formula is C13H18BrNO2. The van der Waals surface area contributed by atoms with E-state index < -0.39 is 0 Å². The quantitative estimate of drug-likeness (QED) is 0.819. The summed E-state index contributed by atoms with van der Waals surface area (Å²) in [4.78, 5) is 0. The second-order valence-electron chi connectivity index (χ2n) is 3.87. The highest BCUT2D eigenvalue weighted by atomic mass is 79.9. The molecule has 1 rings (SSSR count). The Balaban J connectivity index is 2.80. The minimum atomic E-state index is 0.719. The first kappa shape index (κ1) is 14.1. The minimum Gasteiger partial charge on any atom is -0.493 e. The predicted molar refractivity (Wildman–Crippen MR) is 73.8 cm³/mol. The zero-order valence-electron chi connectivity index (χ0n) is 10.5. The van der Waals surface area contributed by atoms with Gasteiger partial charge in [-0.05, 0) is 40.5 Å². The standard InChI is InChI=1S/C13H18BrNO2/c1-9(2)7-15-8-10-5-11(14)13(17-4)12(6-10)16-3/h5-6,15H,1,7-8H2,2-4H3. The first-order chi connectivity index (χ1) is 8.08. The summed E-state index contributed by atoms with van der Waals surface area (Å²) in [5.74, 6) is 1.45. The van der Waals surface area contributed by atoms with Crippen molar-refractivity contribution in [1.29, 1.82) is 0 Å². The Kier molecular flexibility index (Phi) is 5.51. The van der Waals surface area contributed by atoms with E-state index >= 15 is 0 Å². The fraction of sp³-hybridized carbons (Fsp3) is 0.385. The maximum Gasteiger partial charge on any atom is 0.174 e. The van der Waals surface area contributed by atoms with Gasteiger partial charge in [0.05, 0.1) is 18.7 Å². The highest BCUT2D eigenvalue weighted by Crippen LogP contribution is 2.36. The van der Waals surface area contributed by atoms with Crippen LogP contribution in [0.2, 0.25) is 0 Å². The van der Waals surface area contributed by atoms with Crippen molar-refractivity contribution in [3.05, 3.63) is 34.3 Å². The van der Waals surface area contributed by atoms with E-state index in [4.69, 9.17) is 9.47 Å². The van der Waals surface area contributed by atoms with Crippen molar-refractivity contribution in [2.24, 2.45) is 0 Å². The molecule has 0 heterocycles. The van der Waals surface area contributed by atoms with Crippen molar-refractivity contribution in [1.82, 2.24) is 5.32 Å². The molecule has 1 N–H and O–H groups in total. The first-order valence-electron chi connectivity index (χ1n) is 5.34. The van der Waals surface area contributed by atoms with Crippen LogP contribution in [0.15, 0.2) is 28.8 Å². The topological polar surface area (TPSA) is 30.5 Å².